The van der Waals surface area contributed by atoms with Crippen molar-refractivity contribution in [3.63, 3.8) is 0 Å². The molecule has 0 spiro atoms. The maximum absolute atomic E-state index is 13.6. The van der Waals surface area contributed by atoms with E-state index in [1.54, 1.807) is 12.1 Å². The molecule has 2 unspecified atom stereocenters. The van der Waals surface area contributed by atoms with Crippen LogP contribution >= 0.6 is 27.5 Å². The molecule has 0 bridgehead atoms. The summed E-state index contributed by atoms with van der Waals surface area (Å²) < 4.78 is 13.6. The van der Waals surface area contributed by atoms with E-state index in [9.17, 15) is 4.39 Å². The van der Waals surface area contributed by atoms with Crippen molar-refractivity contribution < 1.29 is 4.39 Å². The highest BCUT2D eigenvalue weighted by Crippen LogP contribution is 2.56. The molecule has 2 atom stereocenters. The van der Waals surface area contributed by atoms with Crippen LogP contribution in [0.3, 0.4) is 0 Å². The Morgan fingerprint density at radius 1 is 1.56 bits per heavy atom. The van der Waals surface area contributed by atoms with Crippen molar-refractivity contribution >= 4 is 27.5 Å². The first-order valence-electron chi connectivity index (χ1n) is 5.49. The molecule has 3 heteroatoms. The fourth-order valence-electron chi connectivity index (χ4n) is 2.19. The summed E-state index contributed by atoms with van der Waals surface area (Å²) in [4.78, 5) is 0.317. The van der Waals surface area contributed by atoms with Gasteiger partial charge in [-0.25, -0.2) is 4.39 Å². The van der Waals surface area contributed by atoms with E-state index in [0.29, 0.717) is 33.2 Å². The Kier molecular flexibility index (Phi) is 3.33. The Morgan fingerprint density at radius 3 is 2.69 bits per heavy atom. The highest BCUT2D eigenvalue weighted by Gasteiger charge is 2.49. The van der Waals surface area contributed by atoms with Gasteiger partial charge >= 0.3 is 0 Å². The van der Waals surface area contributed by atoms with Crippen LogP contribution in [0.4, 0.5) is 4.39 Å². The van der Waals surface area contributed by atoms with Gasteiger partial charge in [0.05, 0.1) is 0 Å². The SMILES string of the molecule is CC1(C)CC1C(Br)Cc1c(F)cccc1Cl. The summed E-state index contributed by atoms with van der Waals surface area (Å²) >= 11 is 9.67. The van der Waals surface area contributed by atoms with Gasteiger partial charge < -0.3 is 0 Å². The molecule has 0 radical (unpaired) electrons. The molecule has 1 aliphatic carbocycles. The number of hydrogen-bond acceptors (Lipinski definition) is 0. The Morgan fingerprint density at radius 2 is 2.19 bits per heavy atom. The molecule has 16 heavy (non-hydrogen) atoms. The lowest BCUT2D eigenvalue weighted by Crippen LogP contribution is -2.11. The first-order chi connectivity index (χ1) is 7.42. The summed E-state index contributed by atoms with van der Waals surface area (Å²) in [6, 6.07) is 4.86. The Hall–Kier alpha value is -0.0800. The molecular formula is C13H15BrClF. The smallest absolute Gasteiger partial charge is 0.127 e. The van der Waals surface area contributed by atoms with Crippen LogP contribution in [-0.4, -0.2) is 4.83 Å². The van der Waals surface area contributed by atoms with Crippen LogP contribution in [0.1, 0.15) is 25.8 Å². The third-order valence-electron chi connectivity index (χ3n) is 3.49. The van der Waals surface area contributed by atoms with Crippen LogP contribution in [0.2, 0.25) is 5.02 Å². The number of rotatable bonds is 3. The molecule has 1 fully saturated rings. The molecule has 0 nitrogen and oxygen atoms in total. The maximum Gasteiger partial charge on any atom is 0.127 e. The largest absolute Gasteiger partial charge is 0.207 e. The molecule has 0 aliphatic heterocycles. The molecule has 0 saturated heterocycles. The highest BCUT2D eigenvalue weighted by molar-refractivity contribution is 9.09. The monoisotopic (exact) mass is 304 g/mol. The molecule has 2 rings (SSSR count). The van der Waals surface area contributed by atoms with Crippen LogP contribution in [0.25, 0.3) is 0 Å². The zero-order valence-electron chi connectivity index (χ0n) is 9.43. The standard InChI is InChI=1S/C13H15BrClF/c1-13(2)7-9(13)10(14)6-8-11(15)4-3-5-12(8)16/h3-5,9-10H,6-7H2,1-2H3. The Bertz CT molecular complexity index is 383. The van der Waals surface area contributed by atoms with E-state index >= 15 is 0 Å². The van der Waals surface area contributed by atoms with E-state index in [4.69, 9.17) is 11.6 Å². The van der Waals surface area contributed by atoms with Gasteiger partial charge in [0.2, 0.25) is 0 Å². The second-order valence-electron chi connectivity index (χ2n) is 5.22. The van der Waals surface area contributed by atoms with Gasteiger partial charge in [-0.1, -0.05) is 47.4 Å². The molecule has 0 aromatic heterocycles. The number of hydrogen-bond donors (Lipinski definition) is 0. The van der Waals surface area contributed by atoms with Gasteiger partial charge in [-0.2, -0.15) is 0 Å². The molecule has 0 amide bonds. The fourth-order valence-corrected chi connectivity index (χ4v) is 3.66. The van der Waals surface area contributed by atoms with Crippen molar-refractivity contribution in [1.82, 2.24) is 0 Å². The van der Waals surface area contributed by atoms with Crippen LogP contribution in [-0.2, 0) is 6.42 Å². The van der Waals surface area contributed by atoms with E-state index in [0.717, 1.165) is 0 Å². The van der Waals surface area contributed by atoms with Crippen molar-refractivity contribution in [1.29, 1.82) is 0 Å². The minimum absolute atomic E-state index is 0.199. The second-order valence-corrected chi connectivity index (χ2v) is 6.80. The van der Waals surface area contributed by atoms with Gasteiger partial charge in [-0.15, -0.1) is 0 Å². The summed E-state index contributed by atoms with van der Waals surface area (Å²) in [5, 5.41) is 0.530. The summed E-state index contributed by atoms with van der Waals surface area (Å²) in [7, 11) is 0. The van der Waals surface area contributed by atoms with E-state index in [1.807, 2.05) is 0 Å². The van der Waals surface area contributed by atoms with E-state index in [-0.39, 0.29) is 5.82 Å². The Labute approximate surface area is 109 Å². The van der Waals surface area contributed by atoms with Crippen molar-refractivity contribution in [2.24, 2.45) is 11.3 Å². The summed E-state index contributed by atoms with van der Waals surface area (Å²) in [6.07, 6.45) is 1.87. The summed E-state index contributed by atoms with van der Waals surface area (Å²) in [6.45, 7) is 4.49. The highest BCUT2D eigenvalue weighted by atomic mass is 79.9. The van der Waals surface area contributed by atoms with E-state index < -0.39 is 0 Å². The first-order valence-corrected chi connectivity index (χ1v) is 6.78. The van der Waals surface area contributed by atoms with Crippen molar-refractivity contribution in [3.8, 4) is 0 Å². The molecule has 1 aliphatic rings. The minimum Gasteiger partial charge on any atom is -0.207 e. The molecule has 88 valence electrons. The number of halogens is 3. The predicted octanol–water partition coefficient (Wildman–Crippen LogP) is 4.83. The third kappa shape index (κ3) is 2.43. The summed E-state index contributed by atoms with van der Waals surface area (Å²) in [5.74, 6) is 0.429. The zero-order chi connectivity index (χ0) is 11.9. The van der Waals surface area contributed by atoms with Crippen LogP contribution in [0.15, 0.2) is 18.2 Å². The molecule has 0 heterocycles. The fraction of sp³-hybridized carbons (Fsp3) is 0.538. The van der Waals surface area contributed by atoms with Gasteiger partial charge in [0.1, 0.15) is 5.82 Å². The average molecular weight is 306 g/mol. The summed E-state index contributed by atoms with van der Waals surface area (Å²) in [5.41, 5.74) is 1.03. The van der Waals surface area contributed by atoms with E-state index in [2.05, 4.69) is 29.8 Å². The lowest BCUT2D eigenvalue weighted by atomic mass is 10.0. The molecule has 1 saturated carbocycles. The maximum atomic E-state index is 13.6. The van der Waals surface area contributed by atoms with Crippen molar-refractivity contribution in [3.05, 3.63) is 34.6 Å². The average Bonchev–Trinajstić information content (AvgIpc) is 2.82. The quantitative estimate of drug-likeness (QED) is 0.702. The molecule has 1 aromatic carbocycles. The predicted molar refractivity (Wildman–Crippen MR) is 69.7 cm³/mol. The van der Waals surface area contributed by atoms with Gasteiger partial charge in [0.15, 0.2) is 0 Å². The molecule has 1 aromatic rings. The molecular weight excluding hydrogens is 290 g/mol. The first kappa shape index (κ1) is 12.4. The van der Waals surface area contributed by atoms with Crippen LogP contribution in [0.5, 0.6) is 0 Å². The van der Waals surface area contributed by atoms with E-state index in [1.165, 1.54) is 12.5 Å². The second kappa shape index (κ2) is 4.30. The third-order valence-corrected chi connectivity index (χ3v) is 4.80. The zero-order valence-corrected chi connectivity index (χ0v) is 11.8. The Balaban J connectivity index is 2.10. The van der Waals surface area contributed by atoms with Crippen molar-refractivity contribution in [2.75, 3.05) is 0 Å². The number of alkyl halides is 1. The van der Waals surface area contributed by atoms with Crippen LogP contribution < -0.4 is 0 Å². The topological polar surface area (TPSA) is 0 Å². The van der Waals surface area contributed by atoms with Gasteiger partial charge in [-0.05, 0) is 36.3 Å². The molecule has 0 N–H and O–H groups in total. The minimum atomic E-state index is -0.199. The van der Waals surface area contributed by atoms with Gasteiger partial charge in [0, 0.05) is 15.4 Å². The lowest BCUT2D eigenvalue weighted by Gasteiger charge is -2.13. The van der Waals surface area contributed by atoms with Crippen molar-refractivity contribution in [2.45, 2.75) is 31.5 Å². The normalized spacial score (nSPS) is 24.2. The lowest BCUT2D eigenvalue weighted by molar-refractivity contribution is 0.537. The van der Waals surface area contributed by atoms with Crippen LogP contribution in [0, 0.1) is 17.2 Å². The van der Waals surface area contributed by atoms with Gasteiger partial charge in [-0.3, -0.25) is 0 Å². The van der Waals surface area contributed by atoms with Gasteiger partial charge in [0.25, 0.3) is 0 Å². The number of benzene rings is 1.